The molecule has 1 aromatic heterocycles. The predicted octanol–water partition coefficient (Wildman–Crippen LogP) is -4.08. The van der Waals surface area contributed by atoms with Gasteiger partial charge >= 0.3 is 0 Å². The summed E-state index contributed by atoms with van der Waals surface area (Å²) in [7, 11) is -3.06. The number of quaternary nitrogens is 1. The third kappa shape index (κ3) is 5.86. The summed E-state index contributed by atoms with van der Waals surface area (Å²) in [5.41, 5.74) is 0.620. The molecule has 0 unspecified atom stereocenters. The maximum Gasteiger partial charge on any atom is 0.161 e. The van der Waals surface area contributed by atoms with Gasteiger partial charge in [0.15, 0.2) is 9.84 Å². The Balaban J connectivity index is 0.00000180. The van der Waals surface area contributed by atoms with E-state index in [1.807, 2.05) is 6.07 Å². The van der Waals surface area contributed by atoms with Crippen molar-refractivity contribution in [1.29, 1.82) is 0 Å². The number of morpholine rings is 1. The lowest BCUT2D eigenvalue weighted by Crippen LogP contribution is -3.14. The molecule has 1 N–H and O–H groups in total. The number of hydrogen-bond acceptors (Lipinski definition) is 4. The molecule has 108 valence electrons. The van der Waals surface area contributed by atoms with Crippen LogP contribution in [-0.2, 0) is 20.3 Å². The average molecular weight is 307 g/mol. The molecule has 5 nitrogen and oxygen atoms in total. The van der Waals surface area contributed by atoms with E-state index in [0.717, 1.165) is 26.3 Å². The molecule has 1 saturated heterocycles. The molecule has 1 aliphatic rings. The lowest BCUT2D eigenvalue weighted by atomic mass is 10.4. The second-order valence-electron chi connectivity index (χ2n) is 4.53. The van der Waals surface area contributed by atoms with Gasteiger partial charge in [-0.1, -0.05) is 6.07 Å². The molecule has 19 heavy (non-hydrogen) atoms. The average Bonchev–Trinajstić information content (AvgIpc) is 2.38. The highest BCUT2D eigenvalue weighted by Gasteiger charge is 2.19. The fourth-order valence-corrected chi connectivity index (χ4v) is 3.36. The van der Waals surface area contributed by atoms with Crippen molar-refractivity contribution in [2.24, 2.45) is 0 Å². The quantitative estimate of drug-likeness (QED) is 0.601. The van der Waals surface area contributed by atoms with E-state index >= 15 is 0 Å². The highest BCUT2D eigenvalue weighted by Crippen LogP contribution is 2.02. The molecule has 0 spiro atoms. The molecule has 0 bridgehead atoms. The highest BCUT2D eigenvalue weighted by molar-refractivity contribution is 7.90. The molecular formula is C12H19ClN2O3S. The number of nitrogens with one attached hydrogen (secondary N) is 1. The van der Waals surface area contributed by atoms with Crippen molar-refractivity contribution in [3.05, 3.63) is 30.1 Å². The van der Waals surface area contributed by atoms with Crippen LogP contribution in [0.3, 0.4) is 0 Å². The molecule has 7 heteroatoms. The number of halogens is 1. The Morgan fingerprint density at radius 1 is 1.26 bits per heavy atom. The fraction of sp³-hybridized carbons (Fsp3) is 0.583. The van der Waals surface area contributed by atoms with Gasteiger partial charge in [0.2, 0.25) is 0 Å². The largest absolute Gasteiger partial charge is 1.00 e. The zero-order chi connectivity index (χ0) is 12.8. The van der Waals surface area contributed by atoms with Crippen molar-refractivity contribution < 1.29 is 30.5 Å². The lowest BCUT2D eigenvalue weighted by Gasteiger charge is -2.23. The van der Waals surface area contributed by atoms with Gasteiger partial charge in [0, 0.05) is 6.20 Å². The second-order valence-corrected chi connectivity index (χ2v) is 6.71. The molecule has 1 fully saturated rings. The first-order valence-electron chi connectivity index (χ1n) is 6.17. The van der Waals surface area contributed by atoms with Crippen molar-refractivity contribution in [3.63, 3.8) is 0 Å². The Hall–Kier alpha value is -0.690. The number of ether oxygens (including phenoxy) is 1. The zero-order valence-electron chi connectivity index (χ0n) is 10.7. The van der Waals surface area contributed by atoms with Crippen molar-refractivity contribution >= 4 is 9.84 Å². The topological polar surface area (TPSA) is 60.7 Å². The Morgan fingerprint density at radius 3 is 2.63 bits per heavy atom. The molecular weight excluding hydrogens is 288 g/mol. The van der Waals surface area contributed by atoms with E-state index in [9.17, 15) is 8.42 Å². The SMILES string of the molecule is O=S(=O)(CC[NH+]1CCOCC1)Cc1ccccn1.[Cl-]. The van der Waals surface area contributed by atoms with Crippen LogP contribution in [0.1, 0.15) is 5.69 Å². The standard InChI is InChI=1S/C12H18N2O3S.ClH/c15-18(16,11-12-3-1-2-4-13-12)10-7-14-5-8-17-9-6-14;/h1-4H,5-11H2;1H. The van der Waals surface area contributed by atoms with Crippen LogP contribution in [0.15, 0.2) is 24.4 Å². The summed E-state index contributed by atoms with van der Waals surface area (Å²) >= 11 is 0. The number of pyridine rings is 1. The number of hydrogen-bond donors (Lipinski definition) is 1. The fourth-order valence-electron chi connectivity index (χ4n) is 1.99. The monoisotopic (exact) mass is 306 g/mol. The maximum atomic E-state index is 12.0. The summed E-state index contributed by atoms with van der Waals surface area (Å²) in [6.45, 7) is 3.93. The lowest BCUT2D eigenvalue weighted by molar-refractivity contribution is -0.905. The van der Waals surface area contributed by atoms with Crippen LogP contribution in [0.5, 0.6) is 0 Å². The van der Waals surface area contributed by atoms with Gasteiger partial charge in [-0.15, -0.1) is 0 Å². The Kier molecular flexibility index (Phi) is 6.71. The summed E-state index contributed by atoms with van der Waals surface area (Å²) in [5, 5.41) is 0. The van der Waals surface area contributed by atoms with Gasteiger partial charge in [-0.25, -0.2) is 8.42 Å². The van der Waals surface area contributed by atoms with E-state index in [1.54, 1.807) is 18.3 Å². The molecule has 0 amide bonds. The van der Waals surface area contributed by atoms with Crippen LogP contribution in [0.4, 0.5) is 0 Å². The molecule has 0 atom stereocenters. The first-order valence-corrected chi connectivity index (χ1v) is 7.99. The summed E-state index contributed by atoms with van der Waals surface area (Å²) in [4.78, 5) is 5.36. The number of sulfone groups is 1. The molecule has 0 aliphatic carbocycles. The molecule has 2 heterocycles. The third-order valence-corrected chi connectivity index (χ3v) is 4.62. The normalized spacial score (nSPS) is 16.8. The van der Waals surface area contributed by atoms with Gasteiger partial charge in [-0.2, -0.15) is 0 Å². The first-order chi connectivity index (χ1) is 8.66. The van der Waals surface area contributed by atoms with Crippen LogP contribution >= 0.6 is 0 Å². The van der Waals surface area contributed by atoms with Crippen molar-refractivity contribution in [2.75, 3.05) is 38.6 Å². The maximum absolute atomic E-state index is 12.0. The Morgan fingerprint density at radius 2 is 2.00 bits per heavy atom. The van der Waals surface area contributed by atoms with Gasteiger partial charge in [0.05, 0.1) is 37.0 Å². The van der Waals surface area contributed by atoms with Gasteiger partial charge in [0.25, 0.3) is 0 Å². The molecule has 1 aromatic rings. The van der Waals surface area contributed by atoms with E-state index in [1.165, 1.54) is 4.90 Å². The van der Waals surface area contributed by atoms with Crippen LogP contribution in [0.25, 0.3) is 0 Å². The van der Waals surface area contributed by atoms with Crippen LogP contribution < -0.4 is 17.3 Å². The van der Waals surface area contributed by atoms with Crippen molar-refractivity contribution in [3.8, 4) is 0 Å². The van der Waals surface area contributed by atoms with Gasteiger partial charge in [0.1, 0.15) is 13.1 Å². The van der Waals surface area contributed by atoms with E-state index in [-0.39, 0.29) is 23.9 Å². The predicted molar refractivity (Wildman–Crippen MR) is 68.1 cm³/mol. The van der Waals surface area contributed by atoms with Gasteiger partial charge in [-0.05, 0) is 12.1 Å². The smallest absolute Gasteiger partial charge is 0.161 e. The van der Waals surface area contributed by atoms with Gasteiger partial charge in [-0.3, -0.25) is 4.98 Å². The number of rotatable bonds is 5. The molecule has 0 saturated carbocycles. The van der Waals surface area contributed by atoms with Crippen molar-refractivity contribution in [2.45, 2.75) is 5.75 Å². The zero-order valence-corrected chi connectivity index (χ0v) is 12.3. The highest BCUT2D eigenvalue weighted by atomic mass is 35.5. The minimum Gasteiger partial charge on any atom is -1.00 e. The minimum atomic E-state index is -3.06. The van der Waals surface area contributed by atoms with Crippen LogP contribution in [-0.4, -0.2) is 52.0 Å². The van der Waals surface area contributed by atoms with E-state index < -0.39 is 9.84 Å². The van der Waals surface area contributed by atoms with E-state index in [2.05, 4.69) is 4.98 Å². The minimum absolute atomic E-state index is 0. The summed E-state index contributed by atoms with van der Waals surface area (Å²) in [6, 6.07) is 5.35. The third-order valence-electron chi connectivity index (χ3n) is 3.06. The van der Waals surface area contributed by atoms with E-state index in [4.69, 9.17) is 4.74 Å². The molecule has 1 aliphatic heterocycles. The summed E-state index contributed by atoms with van der Waals surface area (Å²) in [6.07, 6.45) is 1.62. The van der Waals surface area contributed by atoms with Crippen LogP contribution in [0, 0.1) is 0 Å². The van der Waals surface area contributed by atoms with Gasteiger partial charge < -0.3 is 22.0 Å². The summed E-state index contributed by atoms with van der Waals surface area (Å²) in [5.74, 6) is 0.260. The first kappa shape index (κ1) is 16.4. The molecule has 0 aromatic carbocycles. The van der Waals surface area contributed by atoms with Crippen LogP contribution in [0.2, 0.25) is 0 Å². The summed E-state index contributed by atoms with van der Waals surface area (Å²) < 4.78 is 29.2. The Labute approximate surface area is 120 Å². The number of aromatic nitrogens is 1. The number of nitrogens with zero attached hydrogens (tertiary/aromatic N) is 1. The second kappa shape index (κ2) is 7.79. The molecule has 2 rings (SSSR count). The van der Waals surface area contributed by atoms with Crippen molar-refractivity contribution in [1.82, 2.24) is 4.98 Å². The Bertz CT molecular complexity index is 461. The van der Waals surface area contributed by atoms with E-state index in [0.29, 0.717) is 12.2 Å². The molecule has 0 radical (unpaired) electrons.